The second kappa shape index (κ2) is 6.30. The summed E-state index contributed by atoms with van der Waals surface area (Å²) in [5.74, 6) is 2.46. The number of pyridine rings is 2. The lowest BCUT2D eigenvalue weighted by molar-refractivity contribution is 0.281. The summed E-state index contributed by atoms with van der Waals surface area (Å²) in [6, 6.07) is 16.5. The minimum Gasteiger partial charge on any atom is -0.356 e. The maximum absolute atomic E-state index is 13.1. The van der Waals surface area contributed by atoms with Crippen molar-refractivity contribution in [1.82, 2.24) is 19.5 Å². The first-order valence-electron chi connectivity index (χ1n) is 10.1. The van der Waals surface area contributed by atoms with Crippen LogP contribution in [-0.2, 0) is 6.54 Å². The van der Waals surface area contributed by atoms with E-state index in [0.717, 1.165) is 48.5 Å². The quantitative estimate of drug-likeness (QED) is 0.576. The van der Waals surface area contributed by atoms with Crippen LogP contribution in [0.5, 0.6) is 0 Å². The molecule has 5 heterocycles. The van der Waals surface area contributed by atoms with E-state index in [9.17, 15) is 4.79 Å². The first-order chi connectivity index (χ1) is 14.3. The molecule has 0 amide bonds. The number of aromatic nitrogens is 4. The third-order valence-corrected chi connectivity index (χ3v) is 6.27. The van der Waals surface area contributed by atoms with Crippen molar-refractivity contribution < 1.29 is 0 Å². The van der Waals surface area contributed by atoms with Gasteiger partial charge in [-0.1, -0.05) is 18.2 Å². The molecule has 0 spiro atoms. The van der Waals surface area contributed by atoms with E-state index < -0.39 is 0 Å². The zero-order chi connectivity index (χ0) is 19.4. The fourth-order valence-electron chi connectivity index (χ4n) is 4.96. The van der Waals surface area contributed by atoms with Gasteiger partial charge in [0, 0.05) is 49.0 Å². The molecular formula is C23H21N5O. The number of rotatable bonds is 2. The summed E-state index contributed by atoms with van der Waals surface area (Å²) in [6.45, 7) is 2.57. The molecule has 4 aromatic rings. The average Bonchev–Trinajstić information content (AvgIpc) is 3.29. The van der Waals surface area contributed by atoms with Crippen molar-refractivity contribution in [3.05, 3.63) is 77.0 Å². The highest BCUT2D eigenvalue weighted by Crippen LogP contribution is 2.37. The number of para-hydroxylation sites is 1. The van der Waals surface area contributed by atoms with E-state index in [1.807, 2.05) is 22.8 Å². The molecule has 29 heavy (non-hydrogen) atoms. The SMILES string of the molecule is O=c1c(-c2ncc[nH]2)ccc2n1C[C@H]1C[C@@H]2CN(c2ccc3ccccc3n2)C1. The molecule has 2 aliphatic heterocycles. The zero-order valence-corrected chi connectivity index (χ0v) is 16.0. The van der Waals surface area contributed by atoms with E-state index in [1.165, 1.54) is 0 Å². The Hall–Kier alpha value is -3.41. The molecule has 0 unspecified atom stereocenters. The van der Waals surface area contributed by atoms with Gasteiger partial charge >= 0.3 is 0 Å². The molecule has 0 saturated carbocycles. The molecule has 2 atom stereocenters. The number of H-pyrrole nitrogens is 1. The Morgan fingerprint density at radius 2 is 1.93 bits per heavy atom. The summed E-state index contributed by atoms with van der Waals surface area (Å²) in [7, 11) is 0. The van der Waals surface area contributed by atoms with Gasteiger partial charge < -0.3 is 14.5 Å². The second-order valence-corrected chi connectivity index (χ2v) is 8.09. The fourth-order valence-corrected chi connectivity index (χ4v) is 4.96. The van der Waals surface area contributed by atoms with E-state index in [4.69, 9.17) is 4.98 Å². The lowest BCUT2D eigenvalue weighted by atomic mass is 9.83. The topological polar surface area (TPSA) is 66.8 Å². The van der Waals surface area contributed by atoms with E-state index in [1.54, 1.807) is 12.4 Å². The number of hydrogen-bond donors (Lipinski definition) is 1. The first kappa shape index (κ1) is 16.5. The molecule has 1 saturated heterocycles. The van der Waals surface area contributed by atoms with Crippen LogP contribution in [0.4, 0.5) is 5.82 Å². The van der Waals surface area contributed by atoms with Crippen LogP contribution in [0.25, 0.3) is 22.3 Å². The van der Waals surface area contributed by atoms with Gasteiger partial charge in [0.15, 0.2) is 0 Å². The average molecular weight is 383 g/mol. The molecule has 1 fully saturated rings. The van der Waals surface area contributed by atoms with Crippen LogP contribution >= 0.6 is 0 Å². The minimum absolute atomic E-state index is 0.0597. The van der Waals surface area contributed by atoms with Gasteiger partial charge in [-0.25, -0.2) is 9.97 Å². The Morgan fingerprint density at radius 1 is 1.00 bits per heavy atom. The Morgan fingerprint density at radius 3 is 2.83 bits per heavy atom. The fraction of sp³-hybridized carbons (Fsp3) is 0.261. The Labute approximate surface area is 167 Å². The van der Waals surface area contributed by atoms with E-state index in [2.05, 4.69) is 45.2 Å². The van der Waals surface area contributed by atoms with Crippen LogP contribution in [0.2, 0.25) is 0 Å². The van der Waals surface area contributed by atoms with Crippen LogP contribution in [0.3, 0.4) is 0 Å². The van der Waals surface area contributed by atoms with Crippen molar-refractivity contribution in [2.24, 2.45) is 5.92 Å². The molecule has 0 aliphatic carbocycles. The summed E-state index contributed by atoms with van der Waals surface area (Å²) < 4.78 is 1.97. The zero-order valence-electron chi connectivity index (χ0n) is 16.0. The molecule has 3 aromatic heterocycles. The van der Waals surface area contributed by atoms with Gasteiger partial charge in [0.1, 0.15) is 11.6 Å². The smallest absolute Gasteiger partial charge is 0.261 e. The molecule has 6 heteroatoms. The molecule has 1 N–H and O–H groups in total. The van der Waals surface area contributed by atoms with Crippen molar-refractivity contribution in [2.75, 3.05) is 18.0 Å². The Bertz CT molecular complexity index is 1260. The molecule has 6 rings (SSSR count). The Kier molecular flexibility index (Phi) is 3.59. The highest BCUT2D eigenvalue weighted by Gasteiger charge is 2.35. The number of nitrogens with one attached hydrogen (secondary N) is 1. The number of benzene rings is 1. The second-order valence-electron chi connectivity index (χ2n) is 8.09. The first-order valence-corrected chi connectivity index (χ1v) is 10.1. The van der Waals surface area contributed by atoms with Crippen molar-refractivity contribution >= 4 is 16.7 Å². The summed E-state index contributed by atoms with van der Waals surface area (Å²) in [4.78, 5) is 27.7. The molecule has 144 valence electrons. The third-order valence-electron chi connectivity index (χ3n) is 6.27. The number of fused-ring (bicyclic) bond motifs is 5. The minimum atomic E-state index is 0.0597. The molecule has 1 aromatic carbocycles. The van der Waals surface area contributed by atoms with Gasteiger partial charge in [-0.2, -0.15) is 0 Å². The number of piperidine rings is 1. The summed E-state index contributed by atoms with van der Waals surface area (Å²) in [6.07, 6.45) is 4.56. The number of imidazole rings is 1. The van der Waals surface area contributed by atoms with Crippen LogP contribution in [-0.4, -0.2) is 32.6 Å². The number of aromatic amines is 1. The van der Waals surface area contributed by atoms with Gasteiger partial charge in [-0.15, -0.1) is 0 Å². The molecule has 2 bridgehead atoms. The Balaban J connectivity index is 1.36. The van der Waals surface area contributed by atoms with Crippen molar-refractivity contribution in [3.63, 3.8) is 0 Å². The maximum atomic E-state index is 13.1. The van der Waals surface area contributed by atoms with Crippen LogP contribution in [0.1, 0.15) is 18.0 Å². The molecule has 0 radical (unpaired) electrons. The predicted octanol–water partition coefficient (Wildman–Crippen LogP) is 3.41. The van der Waals surface area contributed by atoms with E-state index in [0.29, 0.717) is 23.2 Å². The van der Waals surface area contributed by atoms with Crippen LogP contribution in [0, 0.1) is 5.92 Å². The molecule has 2 aliphatic rings. The van der Waals surface area contributed by atoms with Gasteiger partial charge in [-0.05, 0) is 42.7 Å². The van der Waals surface area contributed by atoms with Gasteiger partial charge in [0.25, 0.3) is 5.56 Å². The van der Waals surface area contributed by atoms with Crippen molar-refractivity contribution in [1.29, 1.82) is 0 Å². The standard InChI is InChI=1S/C23H21N5O/c29-23-18(22-24-9-10-25-22)6-7-20-17-11-15(13-28(20)23)12-27(14-17)21-8-5-16-3-1-2-4-19(16)26-21/h1-10,15,17H,11-14H2,(H,24,25)/t15-,17+/m0/s1. The maximum Gasteiger partial charge on any atom is 0.261 e. The molecule has 6 nitrogen and oxygen atoms in total. The number of anilines is 1. The van der Waals surface area contributed by atoms with E-state index >= 15 is 0 Å². The molecular weight excluding hydrogens is 362 g/mol. The normalized spacial score (nSPS) is 20.6. The number of nitrogens with zero attached hydrogens (tertiary/aromatic N) is 4. The highest BCUT2D eigenvalue weighted by molar-refractivity contribution is 5.80. The predicted molar refractivity (Wildman–Crippen MR) is 113 cm³/mol. The van der Waals surface area contributed by atoms with E-state index in [-0.39, 0.29) is 5.56 Å². The number of hydrogen-bond acceptors (Lipinski definition) is 4. The monoisotopic (exact) mass is 383 g/mol. The summed E-state index contributed by atoms with van der Waals surface area (Å²) in [5.41, 5.74) is 2.86. The van der Waals surface area contributed by atoms with Gasteiger partial charge in [0.2, 0.25) is 0 Å². The lowest BCUT2D eigenvalue weighted by Crippen LogP contribution is -2.47. The van der Waals surface area contributed by atoms with Gasteiger partial charge in [-0.3, -0.25) is 4.79 Å². The van der Waals surface area contributed by atoms with Crippen molar-refractivity contribution in [2.45, 2.75) is 18.9 Å². The van der Waals surface area contributed by atoms with Gasteiger partial charge in [0.05, 0.1) is 11.1 Å². The lowest BCUT2D eigenvalue weighted by Gasteiger charge is -2.43. The largest absolute Gasteiger partial charge is 0.356 e. The van der Waals surface area contributed by atoms with Crippen LogP contribution in [0.15, 0.2) is 65.7 Å². The third kappa shape index (κ3) is 2.67. The summed E-state index contributed by atoms with van der Waals surface area (Å²) >= 11 is 0. The van der Waals surface area contributed by atoms with Crippen LogP contribution < -0.4 is 10.5 Å². The summed E-state index contributed by atoms with van der Waals surface area (Å²) in [5, 5.41) is 1.16. The van der Waals surface area contributed by atoms with Crippen molar-refractivity contribution in [3.8, 4) is 11.4 Å². The highest BCUT2D eigenvalue weighted by atomic mass is 16.1.